The van der Waals surface area contributed by atoms with Crippen LogP contribution in [0.15, 0.2) is 30.3 Å². The number of Topliss-reactive ketones (excluding diaryl/α,β-unsaturated/α-hetero) is 1. The van der Waals surface area contributed by atoms with Crippen molar-refractivity contribution in [2.24, 2.45) is 0 Å². The fourth-order valence-electron chi connectivity index (χ4n) is 2.82. The van der Waals surface area contributed by atoms with Crippen molar-refractivity contribution in [1.29, 1.82) is 0 Å². The van der Waals surface area contributed by atoms with E-state index in [2.05, 4.69) is 11.8 Å². The van der Waals surface area contributed by atoms with Crippen LogP contribution in [0.3, 0.4) is 0 Å². The molecule has 2 rings (SSSR count). The van der Waals surface area contributed by atoms with E-state index >= 15 is 0 Å². The Morgan fingerprint density at radius 1 is 1.27 bits per heavy atom. The molecular formula is C18H25NO3. The Labute approximate surface area is 132 Å². The highest BCUT2D eigenvalue weighted by atomic mass is 16.6. The molecule has 0 amide bonds. The smallest absolute Gasteiger partial charge is 0.324 e. The van der Waals surface area contributed by atoms with Gasteiger partial charge in [-0.05, 0) is 33.3 Å². The summed E-state index contributed by atoms with van der Waals surface area (Å²) in [7, 11) is 0. The maximum Gasteiger partial charge on any atom is 0.324 e. The maximum atomic E-state index is 12.5. The van der Waals surface area contributed by atoms with E-state index in [0.29, 0.717) is 13.0 Å². The van der Waals surface area contributed by atoms with Gasteiger partial charge in [-0.25, -0.2) is 0 Å². The number of carbonyl (C=O) groups excluding carboxylic acids is 2. The summed E-state index contributed by atoms with van der Waals surface area (Å²) in [4.78, 5) is 26.4. The molecule has 0 N–H and O–H groups in total. The zero-order chi connectivity index (χ0) is 16.3. The third kappa shape index (κ3) is 4.17. The molecule has 1 aliphatic heterocycles. The summed E-state index contributed by atoms with van der Waals surface area (Å²) in [5, 5.41) is 0. The topological polar surface area (TPSA) is 46.6 Å². The summed E-state index contributed by atoms with van der Waals surface area (Å²) in [6.45, 7) is 8.21. The Balaban J connectivity index is 2.19. The molecule has 4 heteroatoms. The molecule has 1 fully saturated rings. The van der Waals surface area contributed by atoms with Crippen molar-refractivity contribution in [1.82, 2.24) is 4.90 Å². The van der Waals surface area contributed by atoms with Crippen molar-refractivity contribution < 1.29 is 14.3 Å². The third-order valence-corrected chi connectivity index (χ3v) is 3.93. The molecular weight excluding hydrogens is 278 g/mol. The Morgan fingerprint density at radius 3 is 2.50 bits per heavy atom. The quantitative estimate of drug-likeness (QED) is 0.805. The number of rotatable bonds is 3. The SMILES string of the molecule is C[C@@H](c1ccccc1)N1CCC(=O)C[C@@H]1C(=O)OC(C)(C)C. The fourth-order valence-corrected chi connectivity index (χ4v) is 2.82. The maximum absolute atomic E-state index is 12.5. The van der Waals surface area contributed by atoms with E-state index < -0.39 is 11.6 Å². The van der Waals surface area contributed by atoms with Crippen molar-refractivity contribution >= 4 is 11.8 Å². The zero-order valence-corrected chi connectivity index (χ0v) is 13.8. The number of benzene rings is 1. The normalized spacial score (nSPS) is 21.5. The lowest BCUT2D eigenvalue weighted by Crippen LogP contribution is -2.50. The first-order valence-corrected chi connectivity index (χ1v) is 7.83. The molecule has 1 saturated heterocycles. The lowest BCUT2D eigenvalue weighted by atomic mass is 9.96. The number of ketones is 1. The summed E-state index contributed by atoms with van der Waals surface area (Å²) in [6.07, 6.45) is 0.739. The van der Waals surface area contributed by atoms with E-state index in [1.807, 2.05) is 51.1 Å². The van der Waals surface area contributed by atoms with Gasteiger partial charge < -0.3 is 4.74 Å². The van der Waals surface area contributed by atoms with Crippen LogP contribution in [0, 0.1) is 0 Å². The minimum Gasteiger partial charge on any atom is -0.459 e. The summed E-state index contributed by atoms with van der Waals surface area (Å²) >= 11 is 0. The van der Waals surface area contributed by atoms with Crippen molar-refractivity contribution in [3.8, 4) is 0 Å². The van der Waals surface area contributed by atoms with E-state index in [4.69, 9.17) is 4.74 Å². The van der Waals surface area contributed by atoms with E-state index in [-0.39, 0.29) is 24.2 Å². The lowest BCUT2D eigenvalue weighted by Gasteiger charge is -2.39. The second-order valence-electron chi connectivity index (χ2n) is 6.87. The first-order chi connectivity index (χ1) is 10.3. The average Bonchev–Trinajstić information content (AvgIpc) is 2.45. The number of ether oxygens (including phenoxy) is 1. The molecule has 0 unspecified atom stereocenters. The van der Waals surface area contributed by atoms with Gasteiger partial charge in [0, 0.05) is 25.4 Å². The molecule has 4 nitrogen and oxygen atoms in total. The molecule has 120 valence electrons. The summed E-state index contributed by atoms with van der Waals surface area (Å²) in [6, 6.07) is 9.64. The Morgan fingerprint density at radius 2 is 1.91 bits per heavy atom. The molecule has 0 bridgehead atoms. The molecule has 1 aliphatic rings. The first kappa shape index (κ1) is 16.7. The Bertz CT molecular complexity index is 533. The lowest BCUT2D eigenvalue weighted by molar-refractivity contribution is -0.165. The first-order valence-electron chi connectivity index (χ1n) is 7.83. The molecule has 2 atom stereocenters. The van der Waals surface area contributed by atoms with E-state index in [9.17, 15) is 9.59 Å². The highest BCUT2D eigenvalue weighted by Crippen LogP contribution is 2.28. The van der Waals surface area contributed by atoms with Crippen LogP contribution in [0.25, 0.3) is 0 Å². The average molecular weight is 303 g/mol. The van der Waals surface area contributed by atoms with Crippen LogP contribution in [0.4, 0.5) is 0 Å². The Kier molecular flexibility index (Phi) is 5.01. The van der Waals surface area contributed by atoms with Crippen molar-refractivity contribution in [2.75, 3.05) is 6.54 Å². The molecule has 1 heterocycles. The minimum absolute atomic E-state index is 0.0758. The van der Waals surface area contributed by atoms with Gasteiger partial charge in [0.25, 0.3) is 0 Å². The van der Waals surface area contributed by atoms with Crippen LogP contribution in [-0.4, -0.2) is 34.8 Å². The van der Waals surface area contributed by atoms with Gasteiger partial charge in [-0.3, -0.25) is 14.5 Å². The Hall–Kier alpha value is -1.68. The van der Waals surface area contributed by atoms with Gasteiger partial charge in [0.2, 0.25) is 0 Å². The van der Waals surface area contributed by atoms with E-state index in [0.717, 1.165) is 5.56 Å². The van der Waals surface area contributed by atoms with Gasteiger partial charge in [0.05, 0.1) is 0 Å². The largest absolute Gasteiger partial charge is 0.459 e. The highest BCUT2D eigenvalue weighted by Gasteiger charge is 2.37. The van der Waals surface area contributed by atoms with Crippen LogP contribution in [-0.2, 0) is 14.3 Å². The summed E-state index contributed by atoms with van der Waals surface area (Å²) in [5.74, 6) is -0.171. The fraction of sp³-hybridized carbons (Fsp3) is 0.556. The van der Waals surface area contributed by atoms with Gasteiger partial charge in [0.1, 0.15) is 17.4 Å². The number of hydrogen-bond acceptors (Lipinski definition) is 4. The number of esters is 1. The van der Waals surface area contributed by atoms with Crippen molar-refractivity contribution in [3.63, 3.8) is 0 Å². The number of carbonyl (C=O) groups is 2. The van der Waals surface area contributed by atoms with Crippen LogP contribution in [0.5, 0.6) is 0 Å². The van der Waals surface area contributed by atoms with Crippen LogP contribution < -0.4 is 0 Å². The third-order valence-electron chi connectivity index (χ3n) is 3.93. The zero-order valence-electron chi connectivity index (χ0n) is 13.8. The van der Waals surface area contributed by atoms with Gasteiger partial charge in [-0.2, -0.15) is 0 Å². The molecule has 1 aromatic carbocycles. The molecule has 0 radical (unpaired) electrons. The van der Waals surface area contributed by atoms with Gasteiger partial charge in [0.15, 0.2) is 0 Å². The number of hydrogen-bond donors (Lipinski definition) is 0. The van der Waals surface area contributed by atoms with Crippen LogP contribution in [0.2, 0.25) is 0 Å². The van der Waals surface area contributed by atoms with Crippen molar-refractivity contribution in [2.45, 2.75) is 58.2 Å². The molecule has 0 aromatic heterocycles. The molecule has 0 spiro atoms. The second kappa shape index (κ2) is 6.61. The van der Waals surface area contributed by atoms with Crippen LogP contribution in [0.1, 0.15) is 52.1 Å². The van der Waals surface area contributed by atoms with Gasteiger partial charge in [-0.15, -0.1) is 0 Å². The summed E-state index contributed by atoms with van der Waals surface area (Å²) < 4.78 is 5.51. The number of nitrogens with zero attached hydrogens (tertiary/aromatic N) is 1. The highest BCUT2D eigenvalue weighted by molar-refractivity contribution is 5.88. The monoisotopic (exact) mass is 303 g/mol. The second-order valence-corrected chi connectivity index (χ2v) is 6.87. The number of likely N-dealkylation sites (tertiary alicyclic amines) is 1. The van der Waals surface area contributed by atoms with E-state index in [1.165, 1.54) is 0 Å². The van der Waals surface area contributed by atoms with Crippen molar-refractivity contribution in [3.05, 3.63) is 35.9 Å². The predicted molar refractivity (Wildman–Crippen MR) is 85.4 cm³/mol. The standard InChI is InChI=1S/C18H25NO3/c1-13(14-8-6-5-7-9-14)19-11-10-15(20)12-16(19)17(21)22-18(2,3)4/h5-9,13,16H,10-12H2,1-4H3/t13-,16+/m0/s1. The van der Waals surface area contributed by atoms with Gasteiger partial charge in [-0.1, -0.05) is 30.3 Å². The molecule has 1 aromatic rings. The minimum atomic E-state index is -0.542. The van der Waals surface area contributed by atoms with E-state index in [1.54, 1.807) is 0 Å². The predicted octanol–water partition coefficient (Wildman–Crippen LogP) is 3.12. The van der Waals surface area contributed by atoms with Crippen LogP contribution >= 0.6 is 0 Å². The number of piperidine rings is 1. The molecule has 0 saturated carbocycles. The molecule has 22 heavy (non-hydrogen) atoms. The molecule has 0 aliphatic carbocycles. The summed E-state index contributed by atoms with van der Waals surface area (Å²) in [5.41, 5.74) is 0.601. The van der Waals surface area contributed by atoms with Gasteiger partial charge >= 0.3 is 5.97 Å².